The number of rotatable bonds is 3. The minimum Gasteiger partial charge on any atom is -0.314 e. The SMILES string of the molecule is CCN[C@@H]1CCC[C@@H]2CN[C@H](C(C)=O)C[C@@H]21. The van der Waals surface area contributed by atoms with Gasteiger partial charge in [-0.05, 0) is 51.1 Å². The summed E-state index contributed by atoms with van der Waals surface area (Å²) in [5, 5.41) is 7.01. The molecule has 2 N–H and O–H groups in total. The van der Waals surface area contributed by atoms with E-state index in [1.54, 1.807) is 6.92 Å². The molecule has 16 heavy (non-hydrogen) atoms. The number of piperidine rings is 1. The second kappa shape index (κ2) is 5.28. The van der Waals surface area contributed by atoms with Crippen LogP contribution in [0.3, 0.4) is 0 Å². The van der Waals surface area contributed by atoms with Crippen LogP contribution in [0.5, 0.6) is 0 Å². The van der Waals surface area contributed by atoms with E-state index in [-0.39, 0.29) is 6.04 Å². The molecule has 1 saturated heterocycles. The van der Waals surface area contributed by atoms with Crippen molar-refractivity contribution < 1.29 is 4.79 Å². The summed E-state index contributed by atoms with van der Waals surface area (Å²) in [4.78, 5) is 11.5. The molecular weight excluding hydrogens is 200 g/mol. The first-order chi connectivity index (χ1) is 7.72. The molecule has 3 heteroatoms. The van der Waals surface area contributed by atoms with Gasteiger partial charge in [-0.2, -0.15) is 0 Å². The predicted molar refractivity (Wildman–Crippen MR) is 65.4 cm³/mol. The van der Waals surface area contributed by atoms with Crippen molar-refractivity contribution in [1.29, 1.82) is 0 Å². The lowest BCUT2D eigenvalue weighted by molar-refractivity contribution is -0.120. The topological polar surface area (TPSA) is 41.1 Å². The number of ketones is 1. The smallest absolute Gasteiger partial charge is 0.146 e. The van der Waals surface area contributed by atoms with E-state index < -0.39 is 0 Å². The highest BCUT2D eigenvalue weighted by Crippen LogP contribution is 2.35. The van der Waals surface area contributed by atoms with E-state index in [0.717, 1.165) is 25.4 Å². The van der Waals surface area contributed by atoms with Gasteiger partial charge in [0.05, 0.1) is 6.04 Å². The first kappa shape index (κ1) is 12.1. The van der Waals surface area contributed by atoms with Crippen molar-refractivity contribution in [2.75, 3.05) is 13.1 Å². The second-order valence-corrected chi connectivity index (χ2v) is 5.33. The van der Waals surface area contributed by atoms with Gasteiger partial charge < -0.3 is 10.6 Å². The van der Waals surface area contributed by atoms with Crippen molar-refractivity contribution in [3.8, 4) is 0 Å². The van der Waals surface area contributed by atoms with Gasteiger partial charge in [0.15, 0.2) is 0 Å². The average Bonchev–Trinajstić information content (AvgIpc) is 2.29. The molecule has 0 aromatic carbocycles. The maximum Gasteiger partial charge on any atom is 0.146 e. The molecule has 1 saturated carbocycles. The molecule has 4 atom stereocenters. The molecule has 3 nitrogen and oxygen atoms in total. The fourth-order valence-electron chi connectivity index (χ4n) is 3.44. The van der Waals surface area contributed by atoms with E-state index in [1.807, 2.05) is 0 Å². The normalized spacial score (nSPS) is 39.1. The minimum absolute atomic E-state index is 0.112. The Hall–Kier alpha value is -0.410. The first-order valence-corrected chi connectivity index (χ1v) is 6.69. The monoisotopic (exact) mass is 224 g/mol. The van der Waals surface area contributed by atoms with E-state index in [2.05, 4.69) is 17.6 Å². The Balaban J connectivity index is 2.01. The lowest BCUT2D eigenvalue weighted by Gasteiger charge is -2.44. The fourth-order valence-corrected chi connectivity index (χ4v) is 3.44. The Morgan fingerprint density at radius 3 is 2.94 bits per heavy atom. The van der Waals surface area contributed by atoms with E-state index in [0.29, 0.717) is 17.7 Å². The van der Waals surface area contributed by atoms with E-state index in [4.69, 9.17) is 0 Å². The number of fused-ring (bicyclic) bond motifs is 1. The van der Waals surface area contributed by atoms with Gasteiger partial charge >= 0.3 is 0 Å². The van der Waals surface area contributed by atoms with Gasteiger partial charge in [0.1, 0.15) is 5.78 Å². The average molecular weight is 224 g/mol. The Morgan fingerprint density at radius 1 is 1.44 bits per heavy atom. The van der Waals surface area contributed by atoms with Gasteiger partial charge in [-0.25, -0.2) is 0 Å². The molecule has 0 bridgehead atoms. The van der Waals surface area contributed by atoms with Crippen LogP contribution in [-0.4, -0.2) is 31.0 Å². The van der Waals surface area contributed by atoms with Crippen LogP contribution >= 0.6 is 0 Å². The van der Waals surface area contributed by atoms with Gasteiger partial charge in [0.2, 0.25) is 0 Å². The van der Waals surface area contributed by atoms with Gasteiger partial charge in [-0.1, -0.05) is 13.3 Å². The van der Waals surface area contributed by atoms with Gasteiger partial charge in [-0.15, -0.1) is 0 Å². The number of hydrogen-bond donors (Lipinski definition) is 2. The molecule has 2 fully saturated rings. The summed E-state index contributed by atoms with van der Waals surface area (Å²) < 4.78 is 0. The highest BCUT2D eigenvalue weighted by atomic mass is 16.1. The standard InChI is InChI=1S/C13H24N2O/c1-3-14-12-6-4-5-10-8-15-13(9(2)16)7-11(10)12/h10-15H,3-8H2,1-2H3/t10-,11+,12-,13+/m1/s1. The molecule has 0 spiro atoms. The Labute approximate surface area is 98.4 Å². The zero-order valence-electron chi connectivity index (χ0n) is 10.5. The van der Waals surface area contributed by atoms with Crippen LogP contribution in [0.1, 0.15) is 39.5 Å². The molecule has 1 aliphatic heterocycles. The third kappa shape index (κ3) is 2.46. The maximum absolute atomic E-state index is 11.5. The number of carbonyl (C=O) groups is 1. The van der Waals surface area contributed by atoms with Gasteiger partial charge in [-0.3, -0.25) is 4.79 Å². The third-order valence-corrected chi connectivity index (χ3v) is 4.30. The van der Waals surface area contributed by atoms with Crippen LogP contribution in [0, 0.1) is 11.8 Å². The van der Waals surface area contributed by atoms with Crippen molar-refractivity contribution in [3.05, 3.63) is 0 Å². The summed E-state index contributed by atoms with van der Waals surface area (Å²) in [6.45, 7) is 5.97. The van der Waals surface area contributed by atoms with Crippen LogP contribution in [0.25, 0.3) is 0 Å². The number of carbonyl (C=O) groups excluding carboxylic acids is 1. The number of nitrogens with one attached hydrogen (secondary N) is 2. The van der Waals surface area contributed by atoms with Crippen LogP contribution in [0.15, 0.2) is 0 Å². The van der Waals surface area contributed by atoms with Gasteiger partial charge in [0, 0.05) is 6.04 Å². The summed E-state index contributed by atoms with van der Waals surface area (Å²) in [5.74, 6) is 1.80. The van der Waals surface area contributed by atoms with Crippen LogP contribution in [0.4, 0.5) is 0 Å². The summed E-state index contributed by atoms with van der Waals surface area (Å²) in [6, 6.07) is 0.758. The van der Waals surface area contributed by atoms with Crippen molar-refractivity contribution in [2.45, 2.75) is 51.6 Å². The highest BCUT2D eigenvalue weighted by Gasteiger charge is 2.38. The van der Waals surface area contributed by atoms with Crippen LogP contribution in [-0.2, 0) is 4.79 Å². The molecule has 1 aliphatic carbocycles. The van der Waals surface area contributed by atoms with Crippen molar-refractivity contribution in [1.82, 2.24) is 10.6 Å². The summed E-state index contributed by atoms with van der Waals surface area (Å²) in [7, 11) is 0. The Bertz CT molecular complexity index is 252. The van der Waals surface area contributed by atoms with E-state index >= 15 is 0 Å². The van der Waals surface area contributed by atoms with Crippen molar-refractivity contribution >= 4 is 5.78 Å². The van der Waals surface area contributed by atoms with Crippen LogP contribution < -0.4 is 10.6 Å². The minimum atomic E-state index is 0.112. The maximum atomic E-state index is 11.5. The highest BCUT2D eigenvalue weighted by molar-refractivity contribution is 5.81. The quantitative estimate of drug-likeness (QED) is 0.760. The molecule has 0 aromatic rings. The zero-order valence-corrected chi connectivity index (χ0v) is 10.5. The molecule has 92 valence electrons. The molecule has 2 aliphatic rings. The predicted octanol–water partition coefficient (Wildman–Crippen LogP) is 1.33. The lowest BCUT2D eigenvalue weighted by Crippen LogP contribution is -2.54. The number of Topliss-reactive ketones (excluding diaryl/α,β-unsaturated/α-hetero) is 1. The van der Waals surface area contributed by atoms with Crippen molar-refractivity contribution in [2.24, 2.45) is 11.8 Å². The molecule has 0 radical (unpaired) electrons. The molecular formula is C13H24N2O. The summed E-state index contributed by atoms with van der Waals surface area (Å²) in [5.41, 5.74) is 0. The fraction of sp³-hybridized carbons (Fsp3) is 0.923. The Morgan fingerprint density at radius 2 is 2.25 bits per heavy atom. The largest absolute Gasteiger partial charge is 0.314 e. The first-order valence-electron chi connectivity index (χ1n) is 6.69. The zero-order chi connectivity index (χ0) is 11.5. The lowest BCUT2D eigenvalue weighted by atomic mass is 9.70. The molecule has 0 unspecified atom stereocenters. The Kier molecular flexibility index (Phi) is 3.98. The summed E-state index contributed by atoms with van der Waals surface area (Å²) in [6.07, 6.45) is 5.01. The van der Waals surface area contributed by atoms with E-state index in [1.165, 1.54) is 19.3 Å². The molecule has 0 amide bonds. The second-order valence-electron chi connectivity index (χ2n) is 5.33. The molecule has 2 rings (SSSR count). The molecule has 1 heterocycles. The van der Waals surface area contributed by atoms with Crippen molar-refractivity contribution in [3.63, 3.8) is 0 Å². The summed E-state index contributed by atoms with van der Waals surface area (Å²) >= 11 is 0. The van der Waals surface area contributed by atoms with Crippen LogP contribution in [0.2, 0.25) is 0 Å². The molecule has 0 aromatic heterocycles. The van der Waals surface area contributed by atoms with Gasteiger partial charge in [0.25, 0.3) is 0 Å². The third-order valence-electron chi connectivity index (χ3n) is 4.30. The number of hydrogen-bond acceptors (Lipinski definition) is 3. The van der Waals surface area contributed by atoms with E-state index in [9.17, 15) is 4.79 Å².